The lowest BCUT2D eigenvalue weighted by atomic mass is 10.1. The molecule has 0 aliphatic rings. The Hall–Kier alpha value is -0.850. The summed E-state index contributed by atoms with van der Waals surface area (Å²) in [4.78, 5) is 0. The van der Waals surface area contributed by atoms with Crippen molar-refractivity contribution in [1.29, 1.82) is 5.26 Å². The average molecular weight is 266 g/mol. The van der Waals surface area contributed by atoms with Crippen molar-refractivity contribution in [2.75, 3.05) is 0 Å². The first-order valence-corrected chi connectivity index (χ1v) is 5.93. The number of fused-ring (bicyclic) bond motifs is 1. The van der Waals surface area contributed by atoms with Gasteiger partial charge in [0.2, 0.25) is 0 Å². The molecule has 0 spiro atoms. The second kappa shape index (κ2) is 3.72. The number of aryl methyl sites for hydroxylation is 1. The van der Waals surface area contributed by atoms with E-state index in [0.717, 1.165) is 10.0 Å². The van der Waals surface area contributed by atoms with E-state index in [-0.39, 0.29) is 0 Å². The van der Waals surface area contributed by atoms with Gasteiger partial charge in [0.05, 0.1) is 12.5 Å². The number of benzene rings is 1. The lowest BCUT2D eigenvalue weighted by molar-refractivity contribution is 1.24. The van der Waals surface area contributed by atoms with Crippen LogP contribution in [0.25, 0.3) is 10.1 Å². The average Bonchev–Trinajstić information content (AvgIpc) is 2.62. The summed E-state index contributed by atoms with van der Waals surface area (Å²) < 4.78 is 2.33. The lowest BCUT2D eigenvalue weighted by Gasteiger charge is -2.05. The third-order valence-corrected chi connectivity index (χ3v) is 4.25. The minimum atomic E-state index is 0.468. The number of thiophene rings is 1. The third-order valence-electron chi connectivity index (χ3n) is 2.29. The van der Waals surface area contributed by atoms with Gasteiger partial charge in [-0.25, -0.2) is 0 Å². The van der Waals surface area contributed by atoms with Gasteiger partial charge in [0, 0.05) is 9.17 Å². The zero-order valence-corrected chi connectivity index (χ0v) is 10.1. The summed E-state index contributed by atoms with van der Waals surface area (Å²) in [7, 11) is 0. The third kappa shape index (κ3) is 1.45. The van der Waals surface area contributed by atoms with Gasteiger partial charge in [-0.1, -0.05) is 15.9 Å². The Morgan fingerprint density at radius 2 is 2.36 bits per heavy atom. The molecule has 2 rings (SSSR count). The predicted molar refractivity (Wildman–Crippen MR) is 63.6 cm³/mol. The molecule has 0 aliphatic heterocycles. The van der Waals surface area contributed by atoms with Crippen LogP contribution in [0.4, 0.5) is 0 Å². The Balaban J connectivity index is 2.75. The standard InChI is InChI=1S/C11H8BrNS/c1-7-9-3-5-14-10(9)6-8(2-4-13)11(7)12/h3,5-6H,2H2,1H3. The molecule has 0 amide bonds. The Morgan fingerprint density at radius 3 is 3.07 bits per heavy atom. The van der Waals surface area contributed by atoms with Crippen LogP contribution in [0.5, 0.6) is 0 Å². The molecule has 0 radical (unpaired) electrons. The number of hydrogen-bond donors (Lipinski definition) is 0. The van der Waals surface area contributed by atoms with Crippen LogP contribution in [0.1, 0.15) is 11.1 Å². The van der Waals surface area contributed by atoms with E-state index in [4.69, 9.17) is 5.26 Å². The number of nitrogens with zero attached hydrogens (tertiary/aromatic N) is 1. The van der Waals surface area contributed by atoms with Crippen molar-refractivity contribution in [3.05, 3.63) is 33.1 Å². The van der Waals surface area contributed by atoms with Crippen LogP contribution in [0.15, 0.2) is 22.0 Å². The molecule has 1 aromatic heterocycles. The highest BCUT2D eigenvalue weighted by molar-refractivity contribution is 9.10. The second-order valence-electron chi connectivity index (χ2n) is 3.14. The normalized spacial score (nSPS) is 10.4. The van der Waals surface area contributed by atoms with E-state index in [0.29, 0.717) is 6.42 Å². The highest BCUT2D eigenvalue weighted by Crippen LogP contribution is 2.32. The van der Waals surface area contributed by atoms with Crippen LogP contribution in [0.3, 0.4) is 0 Å². The Kier molecular flexibility index (Phi) is 2.58. The van der Waals surface area contributed by atoms with Crippen molar-refractivity contribution in [3.8, 4) is 6.07 Å². The largest absolute Gasteiger partial charge is 0.198 e. The number of halogens is 1. The molecule has 0 saturated heterocycles. The van der Waals surface area contributed by atoms with Crippen molar-refractivity contribution >= 4 is 37.4 Å². The van der Waals surface area contributed by atoms with Gasteiger partial charge in [0.15, 0.2) is 0 Å². The van der Waals surface area contributed by atoms with E-state index in [2.05, 4.69) is 46.4 Å². The molecule has 0 atom stereocenters. The van der Waals surface area contributed by atoms with Gasteiger partial charge >= 0.3 is 0 Å². The van der Waals surface area contributed by atoms with Crippen molar-refractivity contribution in [2.24, 2.45) is 0 Å². The molecule has 1 heterocycles. The van der Waals surface area contributed by atoms with Crippen molar-refractivity contribution in [1.82, 2.24) is 0 Å². The van der Waals surface area contributed by atoms with Gasteiger partial charge in [-0.2, -0.15) is 5.26 Å². The maximum absolute atomic E-state index is 8.69. The number of rotatable bonds is 1. The molecule has 1 nitrogen and oxygen atoms in total. The summed E-state index contributed by atoms with van der Waals surface area (Å²) in [5, 5.41) is 12.1. The first-order valence-electron chi connectivity index (χ1n) is 4.26. The van der Waals surface area contributed by atoms with E-state index in [1.54, 1.807) is 11.3 Å². The van der Waals surface area contributed by atoms with Gasteiger partial charge in [-0.3, -0.25) is 0 Å². The monoisotopic (exact) mass is 265 g/mol. The zero-order valence-electron chi connectivity index (χ0n) is 7.67. The molecule has 0 N–H and O–H groups in total. The van der Waals surface area contributed by atoms with Crippen molar-refractivity contribution in [2.45, 2.75) is 13.3 Å². The summed E-state index contributed by atoms with van der Waals surface area (Å²) in [6.07, 6.45) is 0.468. The highest BCUT2D eigenvalue weighted by Gasteiger charge is 2.08. The van der Waals surface area contributed by atoms with Gasteiger partial charge < -0.3 is 0 Å². The molecule has 3 heteroatoms. The summed E-state index contributed by atoms with van der Waals surface area (Å²) >= 11 is 5.26. The van der Waals surface area contributed by atoms with Gasteiger partial charge in [0.25, 0.3) is 0 Å². The Bertz CT molecular complexity index is 522. The molecule has 0 bridgehead atoms. The molecule has 0 saturated carbocycles. The van der Waals surface area contributed by atoms with Gasteiger partial charge in [-0.15, -0.1) is 11.3 Å². The predicted octanol–water partition coefficient (Wildman–Crippen LogP) is 4.04. The number of nitriles is 1. The minimum Gasteiger partial charge on any atom is -0.198 e. The Morgan fingerprint density at radius 1 is 1.57 bits per heavy atom. The second-order valence-corrected chi connectivity index (χ2v) is 4.88. The molecule has 0 aliphatic carbocycles. The smallest absolute Gasteiger partial charge is 0.0670 e. The molecule has 0 unspecified atom stereocenters. The van der Waals surface area contributed by atoms with E-state index in [1.807, 2.05) is 0 Å². The fraction of sp³-hybridized carbons (Fsp3) is 0.182. The van der Waals surface area contributed by atoms with Gasteiger partial charge in [-0.05, 0) is 40.9 Å². The molecule has 1 aromatic carbocycles. The zero-order chi connectivity index (χ0) is 10.1. The van der Waals surface area contributed by atoms with Crippen LogP contribution in [-0.2, 0) is 6.42 Å². The van der Waals surface area contributed by atoms with E-state index in [9.17, 15) is 0 Å². The van der Waals surface area contributed by atoms with Crippen molar-refractivity contribution < 1.29 is 0 Å². The summed E-state index contributed by atoms with van der Waals surface area (Å²) in [6, 6.07) is 6.40. The molecule has 14 heavy (non-hydrogen) atoms. The quantitative estimate of drug-likeness (QED) is 0.764. The number of hydrogen-bond acceptors (Lipinski definition) is 2. The van der Waals surface area contributed by atoms with Crippen molar-refractivity contribution in [3.63, 3.8) is 0 Å². The molecular formula is C11H8BrNS. The van der Waals surface area contributed by atoms with Crippen LogP contribution >= 0.6 is 27.3 Å². The topological polar surface area (TPSA) is 23.8 Å². The van der Waals surface area contributed by atoms with Crippen LogP contribution < -0.4 is 0 Å². The first kappa shape index (κ1) is 9.70. The fourth-order valence-electron chi connectivity index (χ4n) is 1.54. The molecular weight excluding hydrogens is 258 g/mol. The van der Waals surface area contributed by atoms with Crippen LogP contribution in [0.2, 0.25) is 0 Å². The Labute approximate surface area is 95.1 Å². The van der Waals surface area contributed by atoms with E-state index in [1.165, 1.54) is 15.6 Å². The highest BCUT2D eigenvalue weighted by atomic mass is 79.9. The summed E-state index contributed by atoms with van der Waals surface area (Å²) in [5.41, 5.74) is 2.31. The van der Waals surface area contributed by atoms with E-state index < -0.39 is 0 Å². The lowest BCUT2D eigenvalue weighted by Crippen LogP contribution is -1.87. The maximum Gasteiger partial charge on any atom is 0.0670 e. The van der Waals surface area contributed by atoms with E-state index >= 15 is 0 Å². The minimum absolute atomic E-state index is 0.468. The van der Waals surface area contributed by atoms with Gasteiger partial charge in [0.1, 0.15) is 0 Å². The summed E-state index contributed by atoms with van der Waals surface area (Å²) in [6.45, 7) is 2.08. The molecule has 2 aromatic rings. The molecule has 70 valence electrons. The summed E-state index contributed by atoms with van der Waals surface area (Å²) in [5.74, 6) is 0. The SMILES string of the molecule is Cc1c(Br)c(CC#N)cc2sccc12. The van der Waals surface area contributed by atoms with Crippen LogP contribution in [0, 0.1) is 18.3 Å². The molecule has 0 fully saturated rings. The van der Waals surface area contributed by atoms with Crippen LogP contribution in [-0.4, -0.2) is 0 Å². The first-order chi connectivity index (χ1) is 6.74. The fourth-order valence-corrected chi connectivity index (χ4v) is 2.91. The maximum atomic E-state index is 8.69.